The third-order valence-electron chi connectivity index (χ3n) is 2.52. The standard InChI is InChI=1S/C11H8BrNO3/c1-13-9-4-6(12)2-3-7(9)8(5-14)10(13)11(15)16/h2-5H,1H3,(H,15,16). The number of halogens is 1. The number of carboxylic acids is 1. The number of aromatic nitrogens is 1. The number of aldehydes is 1. The molecule has 1 N–H and O–H groups in total. The first-order valence-corrected chi connectivity index (χ1v) is 5.32. The molecule has 2 rings (SSSR count). The highest BCUT2D eigenvalue weighted by atomic mass is 79.9. The Morgan fingerprint density at radius 1 is 1.50 bits per heavy atom. The second kappa shape index (κ2) is 3.75. The van der Waals surface area contributed by atoms with Crippen molar-refractivity contribution in [1.82, 2.24) is 4.57 Å². The van der Waals surface area contributed by atoms with Crippen molar-refractivity contribution in [3.8, 4) is 0 Å². The molecular formula is C11H8BrNO3. The van der Waals surface area contributed by atoms with Gasteiger partial charge in [-0.05, 0) is 12.1 Å². The molecule has 1 heterocycles. The maximum atomic E-state index is 11.1. The van der Waals surface area contributed by atoms with Crippen LogP contribution in [0.25, 0.3) is 10.9 Å². The number of aromatic carboxylic acids is 1. The molecule has 0 atom stereocenters. The van der Waals surface area contributed by atoms with Crippen molar-refractivity contribution in [2.75, 3.05) is 0 Å². The van der Waals surface area contributed by atoms with Crippen molar-refractivity contribution in [2.45, 2.75) is 0 Å². The lowest BCUT2D eigenvalue weighted by Gasteiger charge is -1.99. The van der Waals surface area contributed by atoms with E-state index in [1.54, 1.807) is 25.2 Å². The van der Waals surface area contributed by atoms with E-state index in [1.807, 2.05) is 0 Å². The summed E-state index contributed by atoms with van der Waals surface area (Å²) in [5.41, 5.74) is 0.953. The molecule has 0 fully saturated rings. The second-order valence-electron chi connectivity index (χ2n) is 3.41. The summed E-state index contributed by atoms with van der Waals surface area (Å²) < 4.78 is 2.35. The Morgan fingerprint density at radius 2 is 2.19 bits per heavy atom. The molecule has 0 amide bonds. The summed E-state index contributed by atoms with van der Waals surface area (Å²) in [6, 6.07) is 5.30. The van der Waals surface area contributed by atoms with Gasteiger partial charge in [-0.2, -0.15) is 0 Å². The minimum absolute atomic E-state index is 0.0168. The number of aryl methyl sites for hydroxylation is 1. The summed E-state index contributed by atoms with van der Waals surface area (Å²) in [5.74, 6) is -1.10. The van der Waals surface area contributed by atoms with E-state index in [2.05, 4.69) is 15.9 Å². The smallest absolute Gasteiger partial charge is 0.353 e. The molecule has 0 aliphatic rings. The fraction of sp³-hybridized carbons (Fsp3) is 0.0909. The van der Waals surface area contributed by atoms with Crippen molar-refractivity contribution in [1.29, 1.82) is 0 Å². The quantitative estimate of drug-likeness (QED) is 0.861. The van der Waals surface area contributed by atoms with Gasteiger partial charge in [-0.1, -0.05) is 22.0 Å². The van der Waals surface area contributed by atoms with Crippen molar-refractivity contribution in [3.63, 3.8) is 0 Å². The first-order chi connectivity index (χ1) is 7.56. The van der Waals surface area contributed by atoms with Gasteiger partial charge in [0.25, 0.3) is 0 Å². The average molecular weight is 282 g/mol. The third kappa shape index (κ3) is 1.44. The fourth-order valence-corrected chi connectivity index (χ4v) is 2.17. The van der Waals surface area contributed by atoms with Crippen LogP contribution < -0.4 is 0 Å². The number of benzene rings is 1. The topological polar surface area (TPSA) is 59.3 Å². The third-order valence-corrected chi connectivity index (χ3v) is 3.02. The Morgan fingerprint density at radius 3 is 2.75 bits per heavy atom. The van der Waals surface area contributed by atoms with Crippen LogP contribution in [0.4, 0.5) is 0 Å². The van der Waals surface area contributed by atoms with Gasteiger partial charge in [0.1, 0.15) is 5.69 Å². The van der Waals surface area contributed by atoms with E-state index in [0.717, 1.165) is 4.47 Å². The molecule has 0 radical (unpaired) electrons. The van der Waals surface area contributed by atoms with Crippen molar-refractivity contribution < 1.29 is 14.7 Å². The van der Waals surface area contributed by atoms with E-state index < -0.39 is 5.97 Å². The maximum absolute atomic E-state index is 11.1. The number of carbonyl (C=O) groups excluding carboxylic acids is 1. The molecule has 0 saturated carbocycles. The SMILES string of the molecule is Cn1c(C(=O)O)c(C=O)c2ccc(Br)cc21. The van der Waals surface area contributed by atoms with Crippen LogP contribution in [0.2, 0.25) is 0 Å². The van der Waals surface area contributed by atoms with Crippen molar-refractivity contribution in [2.24, 2.45) is 7.05 Å². The summed E-state index contributed by atoms with van der Waals surface area (Å²) in [7, 11) is 1.63. The number of fused-ring (bicyclic) bond motifs is 1. The van der Waals surface area contributed by atoms with Gasteiger partial charge in [-0.3, -0.25) is 4.79 Å². The van der Waals surface area contributed by atoms with E-state index in [9.17, 15) is 9.59 Å². The highest BCUT2D eigenvalue weighted by Gasteiger charge is 2.19. The van der Waals surface area contributed by atoms with E-state index >= 15 is 0 Å². The zero-order valence-electron chi connectivity index (χ0n) is 8.40. The molecule has 1 aromatic heterocycles. The summed E-state index contributed by atoms with van der Waals surface area (Å²) in [6.07, 6.45) is 0.583. The largest absolute Gasteiger partial charge is 0.477 e. The molecule has 82 valence electrons. The molecule has 0 saturated heterocycles. The molecule has 0 aliphatic carbocycles. The van der Waals surface area contributed by atoms with Crippen molar-refractivity contribution in [3.05, 3.63) is 33.9 Å². The Hall–Kier alpha value is -1.62. The Kier molecular flexibility index (Phi) is 2.55. The Bertz CT molecular complexity index is 601. The molecule has 16 heavy (non-hydrogen) atoms. The van der Waals surface area contributed by atoms with Gasteiger partial charge in [-0.25, -0.2) is 4.79 Å². The normalized spacial score (nSPS) is 10.6. The van der Waals surface area contributed by atoms with Gasteiger partial charge in [-0.15, -0.1) is 0 Å². The van der Waals surface area contributed by atoms with Crippen LogP contribution in [0.15, 0.2) is 22.7 Å². The number of carboxylic acid groups (broad SMARTS) is 1. The highest BCUT2D eigenvalue weighted by molar-refractivity contribution is 9.10. The van der Waals surface area contributed by atoms with Crippen LogP contribution in [0.3, 0.4) is 0 Å². The molecule has 2 aromatic rings. The zero-order valence-corrected chi connectivity index (χ0v) is 9.98. The van der Waals surface area contributed by atoms with Crippen LogP contribution in [0.1, 0.15) is 20.8 Å². The number of carbonyl (C=O) groups is 2. The highest BCUT2D eigenvalue weighted by Crippen LogP contribution is 2.26. The average Bonchev–Trinajstić information content (AvgIpc) is 2.51. The summed E-state index contributed by atoms with van der Waals surface area (Å²) in [5, 5.41) is 9.71. The number of nitrogens with zero attached hydrogens (tertiary/aromatic N) is 1. The predicted molar refractivity (Wildman–Crippen MR) is 63.0 cm³/mol. The number of hydrogen-bond donors (Lipinski definition) is 1. The summed E-state index contributed by atoms with van der Waals surface area (Å²) >= 11 is 3.31. The lowest BCUT2D eigenvalue weighted by molar-refractivity contribution is 0.0684. The first kappa shape index (κ1) is 10.9. The molecule has 0 spiro atoms. The molecule has 0 bridgehead atoms. The van der Waals surface area contributed by atoms with Crippen LogP contribution >= 0.6 is 15.9 Å². The van der Waals surface area contributed by atoms with Gasteiger partial charge in [0, 0.05) is 16.9 Å². The van der Waals surface area contributed by atoms with E-state index in [4.69, 9.17) is 5.11 Å². The van der Waals surface area contributed by atoms with E-state index in [0.29, 0.717) is 17.2 Å². The second-order valence-corrected chi connectivity index (χ2v) is 4.32. The van der Waals surface area contributed by atoms with Crippen LogP contribution in [-0.2, 0) is 7.05 Å². The zero-order chi connectivity index (χ0) is 11.9. The molecule has 5 heteroatoms. The molecule has 1 aromatic carbocycles. The predicted octanol–water partition coefficient (Wildman–Crippen LogP) is 2.45. The van der Waals surface area contributed by atoms with Gasteiger partial charge >= 0.3 is 5.97 Å². The Balaban J connectivity index is 2.96. The molecule has 4 nitrogen and oxygen atoms in total. The van der Waals surface area contributed by atoms with Gasteiger partial charge in [0.2, 0.25) is 0 Å². The first-order valence-electron chi connectivity index (χ1n) is 4.52. The Labute approximate surface area is 99.6 Å². The maximum Gasteiger partial charge on any atom is 0.353 e. The molecule has 0 aliphatic heterocycles. The van der Waals surface area contributed by atoms with Crippen LogP contribution in [-0.4, -0.2) is 21.9 Å². The summed E-state index contributed by atoms with van der Waals surface area (Å²) in [6.45, 7) is 0. The minimum atomic E-state index is -1.10. The molecular weight excluding hydrogens is 274 g/mol. The minimum Gasteiger partial charge on any atom is -0.477 e. The number of hydrogen-bond acceptors (Lipinski definition) is 2. The van der Waals surface area contributed by atoms with Gasteiger partial charge in [0.15, 0.2) is 6.29 Å². The van der Waals surface area contributed by atoms with Gasteiger partial charge in [0.05, 0.1) is 11.1 Å². The lowest BCUT2D eigenvalue weighted by Crippen LogP contribution is -2.06. The van der Waals surface area contributed by atoms with Crippen LogP contribution in [0.5, 0.6) is 0 Å². The fourth-order valence-electron chi connectivity index (χ4n) is 1.82. The van der Waals surface area contributed by atoms with E-state index in [-0.39, 0.29) is 11.3 Å². The summed E-state index contributed by atoms with van der Waals surface area (Å²) in [4.78, 5) is 22.0. The monoisotopic (exact) mass is 281 g/mol. The number of rotatable bonds is 2. The molecule has 0 unspecified atom stereocenters. The van der Waals surface area contributed by atoms with Gasteiger partial charge < -0.3 is 9.67 Å². The van der Waals surface area contributed by atoms with Crippen LogP contribution in [0, 0.1) is 0 Å². The van der Waals surface area contributed by atoms with Crippen molar-refractivity contribution >= 4 is 39.1 Å². The lowest BCUT2D eigenvalue weighted by atomic mass is 10.1. The van der Waals surface area contributed by atoms with E-state index in [1.165, 1.54) is 4.57 Å².